The molecule has 2 atom stereocenters. The highest BCUT2D eigenvalue weighted by Crippen LogP contribution is 2.37. The van der Waals surface area contributed by atoms with Crippen LogP contribution < -0.4 is 5.32 Å². The molecule has 2 unspecified atom stereocenters. The summed E-state index contributed by atoms with van der Waals surface area (Å²) in [7, 11) is 0. The molecule has 0 saturated carbocycles. The zero-order valence-corrected chi connectivity index (χ0v) is 11.0. The average molecular weight is 260 g/mol. The molecule has 0 bridgehead atoms. The van der Waals surface area contributed by atoms with E-state index in [0.717, 1.165) is 31.5 Å². The first kappa shape index (κ1) is 12.6. The zero-order chi connectivity index (χ0) is 13.2. The van der Waals surface area contributed by atoms with Gasteiger partial charge in [0.25, 0.3) is 5.91 Å². The van der Waals surface area contributed by atoms with Crippen LogP contribution in [0.15, 0.2) is 35.5 Å². The lowest BCUT2D eigenvalue weighted by Crippen LogP contribution is -2.44. The van der Waals surface area contributed by atoms with Gasteiger partial charge in [0.1, 0.15) is 0 Å². The minimum absolute atomic E-state index is 0.177. The predicted octanol–water partition coefficient (Wildman–Crippen LogP) is 0.612. The Morgan fingerprint density at radius 3 is 3.21 bits per heavy atom. The Labute approximate surface area is 113 Å². The molecular formula is C15H20N2O2. The van der Waals surface area contributed by atoms with Crippen molar-refractivity contribution in [3.63, 3.8) is 0 Å². The molecule has 1 amide bonds. The summed E-state index contributed by atoms with van der Waals surface area (Å²) in [5.41, 5.74) is 2.11. The van der Waals surface area contributed by atoms with Crippen molar-refractivity contribution in [3.05, 3.63) is 35.5 Å². The fourth-order valence-corrected chi connectivity index (χ4v) is 3.22. The fourth-order valence-electron chi connectivity index (χ4n) is 3.22. The first-order chi connectivity index (χ1) is 9.31. The maximum atomic E-state index is 12.4. The number of nitrogens with zero attached hydrogens (tertiary/aromatic N) is 1. The molecule has 3 rings (SSSR count). The van der Waals surface area contributed by atoms with Gasteiger partial charge < -0.3 is 15.3 Å². The Balaban J connectivity index is 1.74. The van der Waals surface area contributed by atoms with Crippen LogP contribution in [0.1, 0.15) is 12.8 Å². The molecule has 2 aliphatic heterocycles. The SMILES string of the molecule is O=C1C(CNCCCO)=CC2=CC=CC3CCN1C23. The molecule has 19 heavy (non-hydrogen) atoms. The smallest absolute Gasteiger partial charge is 0.251 e. The van der Waals surface area contributed by atoms with Gasteiger partial charge in [0.2, 0.25) is 0 Å². The highest BCUT2D eigenvalue weighted by atomic mass is 16.3. The molecule has 0 aromatic heterocycles. The maximum Gasteiger partial charge on any atom is 0.251 e. The number of aliphatic hydroxyl groups excluding tert-OH is 1. The summed E-state index contributed by atoms with van der Waals surface area (Å²) in [6.45, 7) is 2.38. The van der Waals surface area contributed by atoms with Crippen molar-refractivity contribution in [1.82, 2.24) is 10.2 Å². The van der Waals surface area contributed by atoms with Crippen LogP contribution in [0.25, 0.3) is 0 Å². The Hall–Kier alpha value is -1.39. The van der Waals surface area contributed by atoms with Gasteiger partial charge >= 0.3 is 0 Å². The molecule has 1 fully saturated rings. The van der Waals surface area contributed by atoms with Crippen LogP contribution in [-0.2, 0) is 4.79 Å². The van der Waals surface area contributed by atoms with Crippen LogP contribution in [0.2, 0.25) is 0 Å². The minimum Gasteiger partial charge on any atom is -0.396 e. The summed E-state index contributed by atoms with van der Waals surface area (Å²) in [4.78, 5) is 14.4. The molecule has 0 radical (unpaired) electrons. The van der Waals surface area contributed by atoms with E-state index in [1.165, 1.54) is 5.57 Å². The van der Waals surface area contributed by atoms with E-state index in [4.69, 9.17) is 5.11 Å². The van der Waals surface area contributed by atoms with Gasteiger partial charge in [-0.05, 0) is 31.0 Å². The molecule has 0 spiro atoms. The van der Waals surface area contributed by atoms with Gasteiger partial charge in [-0.25, -0.2) is 0 Å². The number of hydrogen-bond donors (Lipinski definition) is 2. The fraction of sp³-hybridized carbons (Fsp3) is 0.533. The Morgan fingerprint density at radius 2 is 2.37 bits per heavy atom. The van der Waals surface area contributed by atoms with Gasteiger partial charge in [0.15, 0.2) is 0 Å². The average Bonchev–Trinajstić information content (AvgIpc) is 2.86. The summed E-state index contributed by atoms with van der Waals surface area (Å²) >= 11 is 0. The van der Waals surface area contributed by atoms with Gasteiger partial charge in [-0.2, -0.15) is 0 Å². The van der Waals surface area contributed by atoms with E-state index in [-0.39, 0.29) is 18.6 Å². The highest BCUT2D eigenvalue weighted by molar-refractivity contribution is 5.97. The lowest BCUT2D eigenvalue weighted by molar-refractivity contribution is -0.128. The highest BCUT2D eigenvalue weighted by Gasteiger charge is 2.41. The summed E-state index contributed by atoms with van der Waals surface area (Å²) in [5, 5.41) is 12.0. The molecular weight excluding hydrogens is 240 g/mol. The zero-order valence-electron chi connectivity index (χ0n) is 11.0. The molecule has 0 aromatic carbocycles. The van der Waals surface area contributed by atoms with E-state index < -0.39 is 0 Å². The van der Waals surface area contributed by atoms with E-state index in [9.17, 15) is 4.79 Å². The van der Waals surface area contributed by atoms with Crippen LogP contribution in [0.5, 0.6) is 0 Å². The monoisotopic (exact) mass is 260 g/mol. The van der Waals surface area contributed by atoms with Crippen molar-refractivity contribution >= 4 is 5.91 Å². The van der Waals surface area contributed by atoms with Crippen LogP contribution in [0.3, 0.4) is 0 Å². The van der Waals surface area contributed by atoms with E-state index in [1.54, 1.807) is 0 Å². The molecule has 4 nitrogen and oxygen atoms in total. The third-order valence-electron chi connectivity index (χ3n) is 4.14. The lowest BCUT2D eigenvalue weighted by Gasteiger charge is -2.34. The van der Waals surface area contributed by atoms with Gasteiger partial charge in [0, 0.05) is 31.2 Å². The summed E-state index contributed by atoms with van der Waals surface area (Å²) in [6.07, 6.45) is 10.3. The molecule has 1 saturated heterocycles. The van der Waals surface area contributed by atoms with Gasteiger partial charge in [0.05, 0.1) is 6.04 Å². The summed E-state index contributed by atoms with van der Waals surface area (Å²) in [5.74, 6) is 0.681. The Bertz CT molecular complexity index is 465. The number of allylic oxidation sites excluding steroid dienone is 2. The molecule has 3 aliphatic rings. The second kappa shape index (κ2) is 5.31. The summed E-state index contributed by atoms with van der Waals surface area (Å²) in [6, 6.07) is 0.277. The van der Waals surface area contributed by atoms with E-state index in [2.05, 4.69) is 29.6 Å². The van der Waals surface area contributed by atoms with Crippen molar-refractivity contribution in [2.75, 3.05) is 26.2 Å². The molecule has 0 aromatic rings. The molecule has 2 heterocycles. The van der Waals surface area contributed by atoms with Crippen molar-refractivity contribution in [1.29, 1.82) is 0 Å². The number of nitrogens with one attached hydrogen (secondary N) is 1. The lowest BCUT2D eigenvalue weighted by atomic mass is 9.86. The van der Waals surface area contributed by atoms with Crippen molar-refractivity contribution in [2.24, 2.45) is 5.92 Å². The van der Waals surface area contributed by atoms with E-state index in [1.807, 2.05) is 4.90 Å². The molecule has 102 valence electrons. The third kappa shape index (κ3) is 2.26. The quantitative estimate of drug-likeness (QED) is 0.712. The van der Waals surface area contributed by atoms with Gasteiger partial charge in [-0.1, -0.05) is 18.2 Å². The number of rotatable bonds is 5. The van der Waals surface area contributed by atoms with Gasteiger partial charge in [-0.3, -0.25) is 4.79 Å². The number of hydrogen-bond acceptors (Lipinski definition) is 3. The summed E-state index contributed by atoms with van der Waals surface area (Å²) < 4.78 is 0. The van der Waals surface area contributed by atoms with Crippen molar-refractivity contribution in [2.45, 2.75) is 18.9 Å². The number of aliphatic hydroxyl groups is 1. The molecule has 2 N–H and O–H groups in total. The Kier molecular flexibility index (Phi) is 3.53. The normalized spacial score (nSPS) is 28.3. The van der Waals surface area contributed by atoms with Crippen LogP contribution in [0.4, 0.5) is 0 Å². The first-order valence-corrected chi connectivity index (χ1v) is 7.03. The third-order valence-corrected chi connectivity index (χ3v) is 4.14. The van der Waals surface area contributed by atoms with Gasteiger partial charge in [-0.15, -0.1) is 0 Å². The number of amides is 1. The maximum absolute atomic E-state index is 12.4. The van der Waals surface area contributed by atoms with E-state index >= 15 is 0 Å². The largest absolute Gasteiger partial charge is 0.396 e. The second-order valence-electron chi connectivity index (χ2n) is 5.37. The number of carbonyl (C=O) groups is 1. The topological polar surface area (TPSA) is 52.6 Å². The second-order valence-corrected chi connectivity index (χ2v) is 5.37. The van der Waals surface area contributed by atoms with E-state index in [0.29, 0.717) is 12.5 Å². The van der Waals surface area contributed by atoms with Crippen LogP contribution in [0, 0.1) is 5.92 Å². The minimum atomic E-state index is 0.177. The van der Waals surface area contributed by atoms with Crippen molar-refractivity contribution < 1.29 is 9.90 Å². The Morgan fingerprint density at radius 1 is 1.47 bits per heavy atom. The molecule has 4 heteroatoms. The first-order valence-electron chi connectivity index (χ1n) is 7.03. The van der Waals surface area contributed by atoms with Crippen LogP contribution in [-0.4, -0.2) is 48.2 Å². The predicted molar refractivity (Wildman–Crippen MR) is 73.5 cm³/mol. The number of carbonyl (C=O) groups excluding carboxylic acids is 1. The molecule has 1 aliphatic carbocycles. The van der Waals surface area contributed by atoms with Crippen molar-refractivity contribution in [3.8, 4) is 0 Å². The standard InChI is InChI=1S/C15H20N2O2/c18-8-2-6-16-10-13-9-12-4-1-3-11-5-7-17(14(11)12)15(13)19/h1,3-4,9,11,14,16,18H,2,5-8,10H2. The van der Waals surface area contributed by atoms with Crippen LogP contribution >= 0.6 is 0 Å².